The molecule has 0 aliphatic heterocycles. The Hall–Kier alpha value is -3.48. The van der Waals surface area contributed by atoms with E-state index in [-0.39, 0.29) is 24.4 Å². The highest BCUT2D eigenvalue weighted by atomic mass is 19.1. The van der Waals surface area contributed by atoms with Crippen LogP contribution in [0.15, 0.2) is 67.3 Å². The van der Waals surface area contributed by atoms with Gasteiger partial charge in [-0.15, -0.1) is 0 Å². The summed E-state index contributed by atoms with van der Waals surface area (Å²) in [6.45, 7) is 0.483. The Morgan fingerprint density at radius 1 is 1.04 bits per heavy atom. The molecule has 0 fully saturated rings. The second-order valence-corrected chi connectivity index (χ2v) is 5.86. The van der Waals surface area contributed by atoms with E-state index in [2.05, 4.69) is 15.6 Å². The first-order chi connectivity index (χ1) is 13.1. The van der Waals surface area contributed by atoms with Gasteiger partial charge in [-0.2, -0.15) is 0 Å². The van der Waals surface area contributed by atoms with Crippen molar-refractivity contribution in [3.63, 3.8) is 0 Å². The summed E-state index contributed by atoms with van der Waals surface area (Å²) in [4.78, 5) is 28.0. The third-order valence-electron chi connectivity index (χ3n) is 4.01. The van der Waals surface area contributed by atoms with E-state index in [4.69, 9.17) is 0 Å². The predicted octanol–water partition coefficient (Wildman–Crippen LogP) is 2.45. The van der Waals surface area contributed by atoms with Crippen molar-refractivity contribution < 1.29 is 14.0 Å². The monoisotopic (exact) mass is 366 g/mol. The molecule has 0 radical (unpaired) electrons. The number of aromatic nitrogens is 2. The van der Waals surface area contributed by atoms with Crippen molar-refractivity contribution in [3.05, 3.63) is 84.2 Å². The lowest BCUT2D eigenvalue weighted by Gasteiger charge is -2.11. The molecule has 2 aromatic carbocycles. The SMILES string of the molecule is O=C(CCNC(=O)c1ccccc1F)NCc1ccccc1-n1ccnc1. The highest BCUT2D eigenvalue weighted by Gasteiger charge is 2.11. The fourth-order valence-electron chi connectivity index (χ4n) is 2.63. The van der Waals surface area contributed by atoms with Crippen molar-refractivity contribution in [3.8, 4) is 5.69 Å². The van der Waals surface area contributed by atoms with Gasteiger partial charge in [0.15, 0.2) is 0 Å². The summed E-state index contributed by atoms with van der Waals surface area (Å²) in [5.41, 5.74) is 1.84. The van der Waals surface area contributed by atoms with Gasteiger partial charge in [-0.05, 0) is 23.8 Å². The highest BCUT2D eigenvalue weighted by Crippen LogP contribution is 2.13. The van der Waals surface area contributed by atoms with Gasteiger partial charge in [0.05, 0.1) is 17.6 Å². The van der Waals surface area contributed by atoms with Crippen molar-refractivity contribution in [2.75, 3.05) is 6.54 Å². The van der Waals surface area contributed by atoms with Crippen LogP contribution in [0.5, 0.6) is 0 Å². The second-order valence-electron chi connectivity index (χ2n) is 5.86. The van der Waals surface area contributed by atoms with Crippen LogP contribution in [0.1, 0.15) is 22.3 Å². The fourth-order valence-corrected chi connectivity index (χ4v) is 2.63. The van der Waals surface area contributed by atoms with E-state index < -0.39 is 11.7 Å². The Kier molecular flexibility index (Phi) is 5.94. The Labute approximate surface area is 156 Å². The molecule has 0 atom stereocenters. The third-order valence-corrected chi connectivity index (χ3v) is 4.01. The molecule has 0 saturated carbocycles. The van der Waals surface area contributed by atoms with Gasteiger partial charge in [-0.1, -0.05) is 30.3 Å². The Balaban J connectivity index is 1.48. The van der Waals surface area contributed by atoms with Gasteiger partial charge in [-0.25, -0.2) is 9.37 Å². The molecule has 2 amide bonds. The molecule has 1 aromatic heterocycles. The zero-order valence-electron chi connectivity index (χ0n) is 14.6. The van der Waals surface area contributed by atoms with Crippen LogP contribution in [0.3, 0.4) is 0 Å². The minimum absolute atomic E-state index is 0.0350. The lowest BCUT2D eigenvalue weighted by atomic mass is 10.1. The van der Waals surface area contributed by atoms with E-state index in [1.54, 1.807) is 18.6 Å². The van der Waals surface area contributed by atoms with Gasteiger partial charge in [0.25, 0.3) is 5.91 Å². The van der Waals surface area contributed by atoms with Gasteiger partial charge in [0, 0.05) is 31.9 Å². The number of carbonyl (C=O) groups is 2. The van der Waals surface area contributed by atoms with Gasteiger partial charge >= 0.3 is 0 Å². The first kappa shape index (κ1) is 18.3. The van der Waals surface area contributed by atoms with Gasteiger partial charge in [0.1, 0.15) is 5.82 Å². The smallest absolute Gasteiger partial charge is 0.254 e. The molecule has 0 saturated heterocycles. The second kappa shape index (κ2) is 8.75. The van der Waals surface area contributed by atoms with Crippen molar-refractivity contribution in [2.24, 2.45) is 0 Å². The van der Waals surface area contributed by atoms with Crippen LogP contribution < -0.4 is 10.6 Å². The quantitative estimate of drug-likeness (QED) is 0.674. The number of imidazole rings is 1. The molecule has 7 heteroatoms. The number of hydrogen-bond acceptors (Lipinski definition) is 3. The number of halogens is 1. The number of rotatable bonds is 7. The molecule has 6 nitrogen and oxygen atoms in total. The average molecular weight is 366 g/mol. The Morgan fingerprint density at radius 3 is 2.59 bits per heavy atom. The largest absolute Gasteiger partial charge is 0.352 e. The summed E-state index contributed by atoms with van der Waals surface area (Å²) in [7, 11) is 0. The van der Waals surface area contributed by atoms with Crippen LogP contribution in [0, 0.1) is 5.82 Å². The number of carbonyl (C=O) groups excluding carboxylic acids is 2. The minimum Gasteiger partial charge on any atom is -0.352 e. The van der Waals surface area contributed by atoms with Crippen molar-refractivity contribution in [1.29, 1.82) is 0 Å². The molecular formula is C20H19FN4O2. The maximum Gasteiger partial charge on any atom is 0.254 e. The van der Waals surface area contributed by atoms with Crippen LogP contribution >= 0.6 is 0 Å². The molecule has 0 unspecified atom stereocenters. The zero-order valence-corrected chi connectivity index (χ0v) is 14.6. The summed E-state index contributed by atoms with van der Waals surface area (Å²) < 4.78 is 15.4. The van der Waals surface area contributed by atoms with E-state index in [9.17, 15) is 14.0 Å². The number of nitrogens with zero attached hydrogens (tertiary/aromatic N) is 2. The lowest BCUT2D eigenvalue weighted by Crippen LogP contribution is -2.31. The van der Waals surface area contributed by atoms with E-state index in [1.807, 2.05) is 35.0 Å². The lowest BCUT2D eigenvalue weighted by molar-refractivity contribution is -0.121. The molecule has 3 rings (SSSR count). The summed E-state index contributed by atoms with van der Waals surface area (Å²) in [6.07, 6.45) is 5.32. The summed E-state index contributed by atoms with van der Waals surface area (Å²) >= 11 is 0. The Morgan fingerprint density at radius 2 is 1.81 bits per heavy atom. The third kappa shape index (κ3) is 4.78. The molecule has 27 heavy (non-hydrogen) atoms. The molecule has 3 aromatic rings. The maximum absolute atomic E-state index is 13.5. The molecule has 1 heterocycles. The molecule has 138 valence electrons. The van der Waals surface area contributed by atoms with Crippen LogP contribution in [-0.2, 0) is 11.3 Å². The number of hydrogen-bond donors (Lipinski definition) is 2. The van der Waals surface area contributed by atoms with Crippen LogP contribution in [-0.4, -0.2) is 27.9 Å². The van der Waals surface area contributed by atoms with Crippen molar-refractivity contribution >= 4 is 11.8 Å². The fraction of sp³-hybridized carbons (Fsp3) is 0.150. The van der Waals surface area contributed by atoms with Crippen molar-refractivity contribution in [1.82, 2.24) is 20.2 Å². The van der Waals surface area contributed by atoms with Crippen LogP contribution in [0.25, 0.3) is 5.69 Å². The summed E-state index contributed by atoms with van der Waals surface area (Å²) in [5.74, 6) is -1.33. The standard InChI is InChI=1S/C20H19FN4O2/c21-17-7-3-2-6-16(17)20(27)23-10-9-19(26)24-13-15-5-1-4-8-18(15)25-12-11-22-14-25/h1-8,11-12,14H,9-10,13H2,(H,23,27)(H,24,26). The van der Waals surface area contributed by atoms with E-state index in [1.165, 1.54) is 18.2 Å². The van der Waals surface area contributed by atoms with Gasteiger partial charge in [0.2, 0.25) is 5.91 Å². The summed E-state index contributed by atoms with van der Waals surface area (Å²) in [5, 5.41) is 5.38. The van der Waals surface area contributed by atoms with E-state index >= 15 is 0 Å². The molecule has 2 N–H and O–H groups in total. The topological polar surface area (TPSA) is 76.0 Å². The van der Waals surface area contributed by atoms with E-state index in [0.717, 1.165) is 11.3 Å². The molecular weight excluding hydrogens is 347 g/mol. The first-order valence-electron chi connectivity index (χ1n) is 8.51. The summed E-state index contributed by atoms with van der Waals surface area (Å²) in [6, 6.07) is 13.4. The highest BCUT2D eigenvalue weighted by molar-refractivity contribution is 5.94. The number of nitrogens with one attached hydrogen (secondary N) is 2. The van der Waals surface area contributed by atoms with Crippen LogP contribution in [0.2, 0.25) is 0 Å². The molecule has 0 aliphatic rings. The zero-order chi connectivity index (χ0) is 19.1. The number of para-hydroxylation sites is 1. The Bertz CT molecular complexity index is 925. The average Bonchev–Trinajstić information content (AvgIpc) is 3.21. The van der Waals surface area contributed by atoms with Crippen LogP contribution in [0.4, 0.5) is 4.39 Å². The molecule has 0 spiro atoms. The van der Waals surface area contributed by atoms with Gasteiger partial charge in [-0.3, -0.25) is 9.59 Å². The predicted molar refractivity (Wildman–Crippen MR) is 98.8 cm³/mol. The first-order valence-corrected chi connectivity index (χ1v) is 8.51. The minimum atomic E-state index is -0.587. The van der Waals surface area contributed by atoms with Gasteiger partial charge < -0.3 is 15.2 Å². The number of benzene rings is 2. The maximum atomic E-state index is 13.5. The number of amides is 2. The molecule has 0 bridgehead atoms. The normalized spacial score (nSPS) is 10.4. The van der Waals surface area contributed by atoms with E-state index in [0.29, 0.717) is 6.54 Å². The molecule has 0 aliphatic carbocycles. The van der Waals surface area contributed by atoms with Crippen molar-refractivity contribution in [2.45, 2.75) is 13.0 Å².